The molecule has 3 rings (SSSR count). The number of benzene rings is 2. The quantitative estimate of drug-likeness (QED) is 0.813. The Kier molecular flexibility index (Phi) is 4.59. The Morgan fingerprint density at radius 1 is 1.32 bits per heavy atom. The van der Waals surface area contributed by atoms with Crippen molar-refractivity contribution in [2.24, 2.45) is 0 Å². The Bertz CT molecular complexity index is 962. The maximum atomic E-state index is 13.9. The summed E-state index contributed by atoms with van der Waals surface area (Å²) in [5.41, 5.74) is 0.967. The van der Waals surface area contributed by atoms with Gasteiger partial charge in [0.2, 0.25) is 5.91 Å². The summed E-state index contributed by atoms with van der Waals surface area (Å²) in [6.45, 7) is 3.25. The molecule has 0 fully saturated rings. The van der Waals surface area contributed by atoms with Crippen LogP contribution in [-0.2, 0) is 21.2 Å². The minimum Gasteiger partial charge on any atom is -0.308 e. The second-order valence-corrected chi connectivity index (χ2v) is 8.51. The van der Waals surface area contributed by atoms with Crippen molar-refractivity contribution in [3.8, 4) is 0 Å². The van der Waals surface area contributed by atoms with E-state index < -0.39 is 15.8 Å². The first-order chi connectivity index (χ1) is 11.7. The molecule has 1 amide bonds. The molecule has 2 aromatic rings. The molecule has 0 bridgehead atoms. The van der Waals surface area contributed by atoms with Crippen LogP contribution in [0.4, 0.5) is 15.8 Å². The fourth-order valence-corrected chi connectivity index (χ4v) is 5.09. The lowest BCUT2D eigenvalue weighted by Gasteiger charge is -2.23. The second-order valence-electron chi connectivity index (χ2n) is 5.94. The fraction of sp³-hybridized carbons (Fsp3) is 0.235. The molecule has 2 aromatic carbocycles. The van der Waals surface area contributed by atoms with E-state index in [0.29, 0.717) is 16.6 Å². The van der Waals surface area contributed by atoms with Gasteiger partial charge in [0, 0.05) is 17.4 Å². The highest BCUT2D eigenvalue weighted by atomic mass is 79.9. The van der Waals surface area contributed by atoms with E-state index in [0.717, 1.165) is 5.56 Å². The average Bonchev–Trinajstić information content (AvgIpc) is 2.84. The number of anilines is 2. The first-order valence-electron chi connectivity index (χ1n) is 7.60. The first kappa shape index (κ1) is 17.9. The van der Waals surface area contributed by atoms with E-state index in [2.05, 4.69) is 20.7 Å². The molecule has 25 heavy (non-hydrogen) atoms. The lowest BCUT2D eigenvalue weighted by atomic mass is 10.1. The molecule has 0 aromatic heterocycles. The average molecular weight is 427 g/mol. The van der Waals surface area contributed by atoms with Gasteiger partial charge in [-0.2, -0.15) is 0 Å². The number of nitrogens with zero attached hydrogens (tertiary/aromatic N) is 1. The molecule has 1 N–H and O–H groups in total. The topological polar surface area (TPSA) is 66.5 Å². The summed E-state index contributed by atoms with van der Waals surface area (Å²) in [6, 6.07) is 8.61. The van der Waals surface area contributed by atoms with Crippen LogP contribution in [0.1, 0.15) is 19.4 Å². The summed E-state index contributed by atoms with van der Waals surface area (Å²) in [4.78, 5) is 13.4. The van der Waals surface area contributed by atoms with E-state index in [4.69, 9.17) is 0 Å². The Hall–Kier alpha value is -1.93. The summed E-state index contributed by atoms with van der Waals surface area (Å²) in [7, 11) is -4.09. The SMILES string of the molecule is CC(=O)N1c2c(cc(Br)cc2S(=O)(=O)Nc2ccccc2F)CC1C. The van der Waals surface area contributed by atoms with Gasteiger partial charge in [0.25, 0.3) is 10.0 Å². The molecule has 0 aliphatic carbocycles. The van der Waals surface area contributed by atoms with Crippen molar-refractivity contribution in [1.82, 2.24) is 0 Å². The van der Waals surface area contributed by atoms with E-state index in [-0.39, 0.29) is 22.5 Å². The molecule has 1 unspecified atom stereocenters. The summed E-state index contributed by atoms with van der Waals surface area (Å²) < 4.78 is 42.5. The van der Waals surface area contributed by atoms with Crippen molar-refractivity contribution in [3.05, 3.63) is 52.3 Å². The number of amides is 1. The number of carbonyl (C=O) groups is 1. The molecule has 0 radical (unpaired) electrons. The van der Waals surface area contributed by atoms with Crippen LogP contribution in [0.5, 0.6) is 0 Å². The molecule has 1 aliphatic rings. The molecule has 1 aliphatic heterocycles. The van der Waals surface area contributed by atoms with Gasteiger partial charge < -0.3 is 4.90 Å². The molecular weight excluding hydrogens is 411 g/mol. The number of nitrogens with one attached hydrogen (secondary N) is 1. The summed E-state index contributed by atoms with van der Waals surface area (Å²) in [5, 5.41) is 0. The Balaban J connectivity index is 2.15. The van der Waals surface area contributed by atoms with Crippen molar-refractivity contribution in [3.63, 3.8) is 0 Å². The van der Waals surface area contributed by atoms with E-state index >= 15 is 0 Å². The Labute approximate surface area is 154 Å². The molecule has 1 heterocycles. The molecule has 132 valence electrons. The van der Waals surface area contributed by atoms with Gasteiger partial charge in [-0.25, -0.2) is 12.8 Å². The lowest BCUT2D eigenvalue weighted by Crippen LogP contribution is -2.34. The van der Waals surface area contributed by atoms with Gasteiger partial charge in [-0.1, -0.05) is 28.1 Å². The summed E-state index contributed by atoms with van der Waals surface area (Å²) in [6.07, 6.45) is 0.552. The monoisotopic (exact) mass is 426 g/mol. The van der Waals surface area contributed by atoms with Gasteiger partial charge in [0.05, 0.1) is 11.4 Å². The van der Waals surface area contributed by atoms with Gasteiger partial charge >= 0.3 is 0 Å². The van der Waals surface area contributed by atoms with E-state index in [1.54, 1.807) is 6.07 Å². The maximum Gasteiger partial charge on any atom is 0.264 e. The van der Waals surface area contributed by atoms with Crippen LogP contribution in [-0.4, -0.2) is 20.4 Å². The highest BCUT2D eigenvalue weighted by Crippen LogP contribution is 2.40. The molecule has 5 nitrogen and oxygen atoms in total. The van der Waals surface area contributed by atoms with Crippen molar-refractivity contribution in [2.45, 2.75) is 31.2 Å². The van der Waals surface area contributed by atoms with Gasteiger partial charge in [0.1, 0.15) is 10.7 Å². The van der Waals surface area contributed by atoms with Gasteiger partial charge in [-0.15, -0.1) is 0 Å². The van der Waals surface area contributed by atoms with Gasteiger partial charge in [-0.05, 0) is 43.2 Å². The third kappa shape index (κ3) is 3.28. The van der Waals surface area contributed by atoms with Crippen LogP contribution < -0.4 is 9.62 Å². The number of halogens is 2. The minimum atomic E-state index is -4.09. The third-order valence-corrected chi connectivity index (χ3v) is 5.90. The number of sulfonamides is 1. The fourth-order valence-electron chi connectivity index (χ4n) is 3.10. The van der Waals surface area contributed by atoms with Gasteiger partial charge in [-0.3, -0.25) is 9.52 Å². The van der Waals surface area contributed by atoms with Crippen LogP contribution >= 0.6 is 15.9 Å². The zero-order chi connectivity index (χ0) is 18.4. The van der Waals surface area contributed by atoms with Crippen LogP contribution in [0.2, 0.25) is 0 Å². The Morgan fingerprint density at radius 3 is 2.64 bits per heavy atom. The number of fused-ring (bicyclic) bond motifs is 1. The van der Waals surface area contributed by atoms with Crippen LogP contribution in [0, 0.1) is 5.82 Å². The second kappa shape index (κ2) is 6.42. The zero-order valence-electron chi connectivity index (χ0n) is 13.6. The number of hydrogen-bond donors (Lipinski definition) is 1. The molecule has 0 spiro atoms. The lowest BCUT2D eigenvalue weighted by molar-refractivity contribution is -0.116. The van der Waals surface area contributed by atoms with E-state index in [1.807, 2.05) is 6.92 Å². The number of hydrogen-bond acceptors (Lipinski definition) is 3. The molecule has 0 saturated carbocycles. The van der Waals surface area contributed by atoms with Crippen LogP contribution in [0.3, 0.4) is 0 Å². The normalized spacial score (nSPS) is 16.6. The smallest absolute Gasteiger partial charge is 0.264 e. The predicted molar refractivity (Wildman–Crippen MR) is 97.7 cm³/mol. The predicted octanol–water partition coefficient (Wildman–Crippen LogP) is 3.69. The van der Waals surface area contributed by atoms with E-state index in [9.17, 15) is 17.6 Å². The largest absolute Gasteiger partial charge is 0.308 e. The number of para-hydroxylation sites is 1. The van der Waals surface area contributed by atoms with Crippen LogP contribution in [0.15, 0.2) is 45.8 Å². The van der Waals surface area contributed by atoms with Crippen molar-refractivity contribution in [2.75, 3.05) is 9.62 Å². The summed E-state index contributed by atoms with van der Waals surface area (Å²) >= 11 is 3.32. The first-order valence-corrected chi connectivity index (χ1v) is 9.88. The minimum absolute atomic E-state index is 0.0559. The van der Waals surface area contributed by atoms with Crippen LogP contribution in [0.25, 0.3) is 0 Å². The Morgan fingerprint density at radius 2 is 2.00 bits per heavy atom. The standard InChI is InChI=1S/C17H16BrFN2O3S/c1-10-7-12-8-13(18)9-16(17(12)21(10)11(2)22)25(23,24)20-15-6-4-3-5-14(15)19/h3-6,8-10,20H,7H2,1-2H3. The van der Waals surface area contributed by atoms with E-state index in [1.165, 1.54) is 42.2 Å². The molecular formula is C17H16BrFN2O3S. The molecule has 0 saturated heterocycles. The maximum absolute atomic E-state index is 13.9. The molecule has 8 heteroatoms. The third-order valence-electron chi connectivity index (χ3n) is 4.06. The highest BCUT2D eigenvalue weighted by molar-refractivity contribution is 9.10. The molecule has 1 atom stereocenters. The van der Waals surface area contributed by atoms with Crippen molar-refractivity contribution >= 4 is 43.2 Å². The number of rotatable bonds is 3. The highest BCUT2D eigenvalue weighted by Gasteiger charge is 2.35. The number of carbonyl (C=O) groups excluding carboxylic acids is 1. The zero-order valence-corrected chi connectivity index (χ0v) is 16.0. The summed E-state index contributed by atoms with van der Waals surface area (Å²) in [5.74, 6) is -0.912. The van der Waals surface area contributed by atoms with Gasteiger partial charge in [0.15, 0.2) is 0 Å². The van der Waals surface area contributed by atoms with Crippen molar-refractivity contribution < 1.29 is 17.6 Å². The van der Waals surface area contributed by atoms with Crippen molar-refractivity contribution in [1.29, 1.82) is 0 Å².